The van der Waals surface area contributed by atoms with Gasteiger partial charge in [-0.15, -0.1) is 0 Å². The third-order valence-electron chi connectivity index (χ3n) is 5.48. The van der Waals surface area contributed by atoms with Crippen molar-refractivity contribution in [2.24, 2.45) is 0 Å². The second-order valence-electron chi connectivity index (χ2n) is 7.56. The Balaban J connectivity index is 1.59. The van der Waals surface area contributed by atoms with Crippen LogP contribution >= 0.6 is 0 Å². The fraction of sp³-hybridized carbons (Fsp3) is 0.0741. The highest BCUT2D eigenvalue weighted by molar-refractivity contribution is 6.08. The number of hydrogen-bond donors (Lipinski definition) is 1. The normalized spacial score (nSPS) is 11.9. The number of hydrogen-bond acceptors (Lipinski definition) is 5. The lowest BCUT2D eigenvalue weighted by Crippen LogP contribution is -2.34. The van der Waals surface area contributed by atoms with Gasteiger partial charge in [-0.2, -0.15) is 0 Å². The zero-order valence-electron chi connectivity index (χ0n) is 17.8. The number of aromatic nitrogens is 1. The fourth-order valence-electron chi connectivity index (χ4n) is 3.85. The van der Waals surface area contributed by atoms with E-state index < -0.39 is 17.9 Å². The molecule has 2 heterocycles. The van der Waals surface area contributed by atoms with Crippen LogP contribution in [0.25, 0.3) is 33.3 Å². The van der Waals surface area contributed by atoms with E-state index in [2.05, 4.69) is 5.32 Å². The summed E-state index contributed by atoms with van der Waals surface area (Å²) in [5.41, 5.74) is 2.94. The molecule has 0 aliphatic rings. The van der Waals surface area contributed by atoms with E-state index >= 15 is 0 Å². The minimum atomic E-state index is -0.940. The Labute approximate surface area is 189 Å². The molecule has 1 N–H and O–H groups in total. The lowest BCUT2D eigenvalue weighted by Gasteiger charge is -2.18. The van der Waals surface area contributed by atoms with Gasteiger partial charge in [-0.05, 0) is 29.8 Å². The van der Waals surface area contributed by atoms with Gasteiger partial charge in [0, 0.05) is 10.8 Å². The van der Waals surface area contributed by atoms with Gasteiger partial charge >= 0.3 is 5.97 Å². The van der Waals surface area contributed by atoms with Gasteiger partial charge in [-0.3, -0.25) is 4.79 Å². The number of benzene rings is 3. The van der Waals surface area contributed by atoms with E-state index in [1.54, 1.807) is 30.3 Å². The first-order valence-electron chi connectivity index (χ1n) is 10.5. The maximum atomic E-state index is 13.4. The van der Waals surface area contributed by atoms with Gasteiger partial charge in [0.1, 0.15) is 11.3 Å². The van der Waals surface area contributed by atoms with Crippen LogP contribution in [0.2, 0.25) is 0 Å². The molecule has 33 heavy (non-hydrogen) atoms. The van der Waals surface area contributed by atoms with Crippen LogP contribution in [0.4, 0.5) is 0 Å². The summed E-state index contributed by atoms with van der Waals surface area (Å²) in [5.74, 6) is -0.404. The number of nitrogens with one attached hydrogen (secondary N) is 1. The Bertz CT molecular complexity index is 1440. The van der Waals surface area contributed by atoms with Crippen molar-refractivity contribution < 1.29 is 18.7 Å². The van der Waals surface area contributed by atoms with Gasteiger partial charge in [0.25, 0.3) is 5.91 Å². The van der Waals surface area contributed by atoms with Gasteiger partial charge in [0.05, 0.1) is 18.2 Å². The van der Waals surface area contributed by atoms with Crippen LogP contribution in [0.15, 0.2) is 95.4 Å². The largest absolute Gasteiger partial charge is 0.467 e. The molecule has 162 valence electrons. The number of fused-ring (bicyclic) bond motifs is 2. The van der Waals surface area contributed by atoms with Crippen molar-refractivity contribution in [1.29, 1.82) is 0 Å². The minimum Gasteiger partial charge on any atom is -0.467 e. The van der Waals surface area contributed by atoms with E-state index in [-0.39, 0.29) is 0 Å². The van der Waals surface area contributed by atoms with E-state index in [0.29, 0.717) is 33.5 Å². The second-order valence-corrected chi connectivity index (χ2v) is 7.56. The summed E-state index contributed by atoms with van der Waals surface area (Å²) in [6.07, 6.45) is 0. The first kappa shape index (κ1) is 20.5. The topological polar surface area (TPSA) is 81.4 Å². The van der Waals surface area contributed by atoms with Crippen molar-refractivity contribution in [3.05, 3.63) is 102 Å². The van der Waals surface area contributed by atoms with Gasteiger partial charge in [0.2, 0.25) is 0 Å². The Kier molecular flexibility index (Phi) is 5.32. The Morgan fingerprint density at radius 1 is 0.909 bits per heavy atom. The average Bonchev–Trinajstić information content (AvgIpc) is 3.31. The number of esters is 1. The van der Waals surface area contributed by atoms with Crippen molar-refractivity contribution in [3.8, 4) is 11.5 Å². The molecule has 0 aliphatic heterocycles. The predicted molar refractivity (Wildman–Crippen MR) is 126 cm³/mol. The van der Waals surface area contributed by atoms with Crippen LogP contribution in [0, 0.1) is 0 Å². The molecule has 0 unspecified atom stereocenters. The highest BCUT2D eigenvalue weighted by Gasteiger charge is 2.25. The van der Waals surface area contributed by atoms with E-state index in [1.807, 2.05) is 60.7 Å². The summed E-state index contributed by atoms with van der Waals surface area (Å²) in [7, 11) is 1.30. The van der Waals surface area contributed by atoms with Gasteiger partial charge < -0.3 is 14.5 Å². The standard InChI is InChI=1S/C27H20N2O4/c1-32-27(31)25(17-9-3-2-4-10-17)29-26(30)20-16-22(28-21-13-7-6-12-19(20)21)24-15-18-11-5-8-14-23(18)33-24/h2-16,25H,1H3,(H,29,30)/t25-/m1/s1. The molecule has 1 amide bonds. The van der Waals surface area contributed by atoms with E-state index in [0.717, 1.165) is 11.0 Å². The van der Waals surface area contributed by atoms with Crippen molar-refractivity contribution in [2.45, 2.75) is 6.04 Å². The molecule has 0 spiro atoms. The minimum absolute atomic E-state index is 0.390. The van der Waals surface area contributed by atoms with Crippen LogP contribution in [-0.4, -0.2) is 24.0 Å². The van der Waals surface area contributed by atoms with E-state index in [4.69, 9.17) is 14.1 Å². The summed E-state index contributed by atoms with van der Waals surface area (Å²) >= 11 is 0. The van der Waals surface area contributed by atoms with Gasteiger partial charge in [-0.1, -0.05) is 66.7 Å². The number of carbonyl (C=O) groups is 2. The fourth-order valence-corrected chi connectivity index (χ4v) is 3.85. The summed E-state index contributed by atoms with van der Waals surface area (Å²) in [6, 6.07) is 26.7. The molecular formula is C27H20N2O4. The molecule has 2 aromatic heterocycles. The maximum Gasteiger partial charge on any atom is 0.333 e. The Morgan fingerprint density at radius 2 is 1.64 bits per heavy atom. The molecule has 0 bridgehead atoms. The molecule has 0 saturated heterocycles. The molecule has 0 fully saturated rings. The number of carbonyl (C=O) groups excluding carboxylic acids is 2. The number of amides is 1. The van der Waals surface area contributed by atoms with Crippen LogP contribution in [0.1, 0.15) is 22.0 Å². The lowest BCUT2D eigenvalue weighted by atomic mass is 10.0. The molecular weight excluding hydrogens is 416 g/mol. The number of pyridine rings is 1. The SMILES string of the molecule is COC(=O)[C@H](NC(=O)c1cc(-c2cc3ccccc3o2)nc2ccccc12)c1ccccc1. The molecule has 0 saturated carbocycles. The third kappa shape index (κ3) is 3.94. The zero-order valence-corrected chi connectivity index (χ0v) is 17.8. The van der Waals surface area contributed by atoms with Crippen molar-refractivity contribution in [2.75, 3.05) is 7.11 Å². The number of nitrogens with zero attached hydrogens (tertiary/aromatic N) is 1. The molecule has 6 heteroatoms. The number of furan rings is 1. The Hall–Kier alpha value is -4.45. The molecule has 0 aliphatic carbocycles. The van der Waals surface area contributed by atoms with Crippen LogP contribution < -0.4 is 5.32 Å². The van der Waals surface area contributed by atoms with Crippen molar-refractivity contribution in [3.63, 3.8) is 0 Å². The molecule has 5 aromatic rings. The monoisotopic (exact) mass is 436 g/mol. The summed E-state index contributed by atoms with van der Waals surface area (Å²) < 4.78 is 10.9. The number of methoxy groups -OCH3 is 1. The second kappa shape index (κ2) is 8.59. The molecule has 5 rings (SSSR count). The summed E-state index contributed by atoms with van der Waals surface area (Å²) in [4.78, 5) is 30.6. The summed E-state index contributed by atoms with van der Waals surface area (Å²) in [5, 5.41) is 4.45. The van der Waals surface area contributed by atoms with Gasteiger partial charge in [0.15, 0.2) is 11.8 Å². The smallest absolute Gasteiger partial charge is 0.333 e. The summed E-state index contributed by atoms with van der Waals surface area (Å²) in [6.45, 7) is 0. The number of rotatable bonds is 5. The molecule has 1 atom stereocenters. The van der Waals surface area contributed by atoms with Crippen molar-refractivity contribution in [1.82, 2.24) is 10.3 Å². The third-order valence-corrected chi connectivity index (χ3v) is 5.48. The number of para-hydroxylation sites is 2. The zero-order chi connectivity index (χ0) is 22.8. The van der Waals surface area contributed by atoms with Gasteiger partial charge in [-0.25, -0.2) is 9.78 Å². The first-order valence-corrected chi connectivity index (χ1v) is 10.5. The van der Waals surface area contributed by atoms with E-state index in [1.165, 1.54) is 7.11 Å². The highest BCUT2D eigenvalue weighted by atomic mass is 16.5. The lowest BCUT2D eigenvalue weighted by molar-refractivity contribution is -0.143. The highest BCUT2D eigenvalue weighted by Crippen LogP contribution is 2.30. The maximum absolute atomic E-state index is 13.4. The Morgan fingerprint density at radius 3 is 2.42 bits per heavy atom. The first-order chi connectivity index (χ1) is 16.1. The van der Waals surface area contributed by atoms with E-state index in [9.17, 15) is 9.59 Å². The van der Waals surface area contributed by atoms with Crippen LogP contribution in [0.5, 0.6) is 0 Å². The van der Waals surface area contributed by atoms with Crippen LogP contribution in [-0.2, 0) is 9.53 Å². The predicted octanol–water partition coefficient (Wildman–Crippen LogP) is 5.29. The van der Waals surface area contributed by atoms with Crippen molar-refractivity contribution >= 4 is 33.7 Å². The molecule has 6 nitrogen and oxygen atoms in total. The average molecular weight is 436 g/mol. The molecule has 3 aromatic carbocycles. The number of ether oxygens (including phenoxy) is 1. The quantitative estimate of drug-likeness (QED) is 0.379. The molecule has 0 radical (unpaired) electrons. The van der Waals surface area contributed by atoms with Crippen LogP contribution in [0.3, 0.4) is 0 Å².